The standard InChI is InChI=1S/C10H18N4O/c1-13-7-6-12-9(13)8-14(2)10(15)4-3-5-11/h6-7H,3-5,8,11H2,1-2H3. The molecule has 84 valence electrons. The lowest BCUT2D eigenvalue weighted by atomic mass is 10.3. The summed E-state index contributed by atoms with van der Waals surface area (Å²) >= 11 is 0. The molecule has 0 aliphatic carbocycles. The van der Waals surface area contributed by atoms with E-state index in [1.165, 1.54) is 0 Å². The van der Waals surface area contributed by atoms with Gasteiger partial charge in [-0.1, -0.05) is 0 Å². The van der Waals surface area contributed by atoms with Gasteiger partial charge in [0.05, 0.1) is 6.54 Å². The highest BCUT2D eigenvalue weighted by atomic mass is 16.2. The van der Waals surface area contributed by atoms with E-state index in [2.05, 4.69) is 4.98 Å². The molecule has 1 heterocycles. The van der Waals surface area contributed by atoms with Gasteiger partial charge < -0.3 is 15.2 Å². The van der Waals surface area contributed by atoms with Gasteiger partial charge in [0, 0.05) is 32.9 Å². The number of aryl methyl sites for hydroxylation is 1. The molecule has 0 aliphatic heterocycles. The highest BCUT2D eigenvalue weighted by molar-refractivity contribution is 5.75. The number of aromatic nitrogens is 2. The smallest absolute Gasteiger partial charge is 0.222 e. The lowest BCUT2D eigenvalue weighted by Crippen LogP contribution is -2.27. The molecule has 0 atom stereocenters. The van der Waals surface area contributed by atoms with Crippen LogP contribution in [0.5, 0.6) is 0 Å². The van der Waals surface area contributed by atoms with E-state index in [1.807, 2.05) is 17.8 Å². The van der Waals surface area contributed by atoms with Crippen LogP contribution in [0.25, 0.3) is 0 Å². The van der Waals surface area contributed by atoms with Gasteiger partial charge in [0.15, 0.2) is 0 Å². The molecule has 0 unspecified atom stereocenters. The van der Waals surface area contributed by atoms with Crippen molar-refractivity contribution < 1.29 is 4.79 Å². The fourth-order valence-electron chi connectivity index (χ4n) is 1.29. The molecule has 0 saturated heterocycles. The summed E-state index contributed by atoms with van der Waals surface area (Å²) in [5, 5.41) is 0. The molecule has 0 spiro atoms. The number of hydrogen-bond acceptors (Lipinski definition) is 3. The van der Waals surface area contributed by atoms with Gasteiger partial charge in [-0.3, -0.25) is 4.79 Å². The Morgan fingerprint density at radius 3 is 2.93 bits per heavy atom. The van der Waals surface area contributed by atoms with Crippen molar-refractivity contribution in [3.8, 4) is 0 Å². The van der Waals surface area contributed by atoms with E-state index < -0.39 is 0 Å². The number of rotatable bonds is 5. The topological polar surface area (TPSA) is 64.2 Å². The molecule has 5 nitrogen and oxygen atoms in total. The monoisotopic (exact) mass is 210 g/mol. The van der Waals surface area contributed by atoms with Crippen LogP contribution >= 0.6 is 0 Å². The Labute approximate surface area is 89.9 Å². The van der Waals surface area contributed by atoms with E-state index in [-0.39, 0.29) is 5.91 Å². The maximum Gasteiger partial charge on any atom is 0.222 e. The fraction of sp³-hybridized carbons (Fsp3) is 0.600. The first kappa shape index (κ1) is 11.7. The van der Waals surface area contributed by atoms with Crippen molar-refractivity contribution in [3.63, 3.8) is 0 Å². The molecule has 0 bridgehead atoms. The van der Waals surface area contributed by atoms with E-state index >= 15 is 0 Å². The molecule has 0 aromatic carbocycles. The van der Waals surface area contributed by atoms with Crippen LogP contribution in [0.15, 0.2) is 12.4 Å². The van der Waals surface area contributed by atoms with Crippen molar-refractivity contribution in [1.29, 1.82) is 0 Å². The van der Waals surface area contributed by atoms with Gasteiger partial charge in [0.1, 0.15) is 5.82 Å². The SMILES string of the molecule is CN(Cc1nccn1C)C(=O)CCCN. The Bertz CT molecular complexity index is 321. The summed E-state index contributed by atoms with van der Waals surface area (Å²) in [7, 11) is 3.70. The van der Waals surface area contributed by atoms with Crippen LogP contribution in [0.4, 0.5) is 0 Å². The Hall–Kier alpha value is -1.36. The zero-order chi connectivity index (χ0) is 11.3. The summed E-state index contributed by atoms with van der Waals surface area (Å²) in [5.74, 6) is 1.00. The summed E-state index contributed by atoms with van der Waals surface area (Å²) < 4.78 is 1.91. The first-order valence-electron chi connectivity index (χ1n) is 5.05. The van der Waals surface area contributed by atoms with E-state index in [0.717, 1.165) is 12.2 Å². The maximum absolute atomic E-state index is 11.6. The molecule has 1 aromatic rings. The van der Waals surface area contributed by atoms with E-state index in [9.17, 15) is 4.79 Å². The molecule has 0 radical (unpaired) electrons. The number of imidazole rings is 1. The third kappa shape index (κ3) is 3.36. The molecule has 1 amide bonds. The Morgan fingerprint density at radius 2 is 2.40 bits per heavy atom. The van der Waals surface area contributed by atoms with E-state index in [4.69, 9.17) is 5.73 Å². The van der Waals surface area contributed by atoms with E-state index in [1.54, 1.807) is 18.1 Å². The van der Waals surface area contributed by atoms with Crippen molar-refractivity contribution >= 4 is 5.91 Å². The van der Waals surface area contributed by atoms with Crippen LogP contribution in [-0.4, -0.2) is 34.0 Å². The molecular weight excluding hydrogens is 192 g/mol. The molecule has 1 rings (SSSR count). The minimum Gasteiger partial charge on any atom is -0.338 e. The third-order valence-corrected chi connectivity index (χ3v) is 2.32. The van der Waals surface area contributed by atoms with Gasteiger partial charge in [-0.2, -0.15) is 0 Å². The van der Waals surface area contributed by atoms with Crippen molar-refractivity contribution in [2.45, 2.75) is 19.4 Å². The van der Waals surface area contributed by atoms with Crippen LogP contribution in [-0.2, 0) is 18.4 Å². The van der Waals surface area contributed by atoms with Crippen molar-refractivity contribution in [2.75, 3.05) is 13.6 Å². The average molecular weight is 210 g/mol. The highest BCUT2D eigenvalue weighted by Crippen LogP contribution is 2.02. The minimum absolute atomic E-state index is 0.114. The zero-order valence-electron chi connectivity index (χ0n) is 9.31. The van der Waals surface area contributed by atoms with Gasteiger partial charge in [-0.05, 0) is 13.0 Å². The second kappa shape index (κ2) is 5.50. The first-order valence-corrected chi connectivity index (χ1v) is 5.05. The van der Waals surface area contributed by atoms with Crippen molar-refractivity contribution in [3.05, 3.63) is 18.2 Å². The third-order valence-electron chi connectivity index (χ3n) is 2.32. The van der Waals surface area contributed by atoms with Gasteiger partial charge in [0.2, 0.25) is 5.91 Å². The number of hydrogen-bond donors (Lipinski definition) is 1. The maximum atomic E-state index is 11.6. The fourth-order valence-corrected chi connectivity index (χ4v) is 1.29. The summed E-state index contributed by atoms with van der Waals surface area (Å²) in [4.78, 5) is 17.4. The van der Waals surface area contributed by atoms with Gasteiger partial charge in [0.25, 0.3) is 0 Å². The van der Waals surface area contributed by atoms with Crippen LogP contribution in [0.1, 0.15) is 18.7 Å². The molecule has 0 fully saturated rings. The van der Waals surface area contributed by atoms with Crippen molar-refractivity contribution in [2.24, 2.45) is 12.8 Å². The second-order valence-electron chi connectivity index (χ2n) is 3.60. The van der Waals surface area contributed by atoms with E-state index in [0.29, 0.717) is 19.5 Å². The molecule has 1 aromatic heterocycles. The average Bonchev–Trinajstić information content (AvgIpc) is 2.61. The van der Waals surface area contributed by atoms with Crippen molar-refractivity contribution in [1.82, 2.24) is 14.5 Å². The normalized spacial score (nSPS) is 10.3. The predicted octanol–water partition coefficient (Wildman–Crippen LogP) is 0.117. The van der Waals surface area contributed by atoms with Gasteiger partial charge in [-0.15, -0.1) is 0 Å². The number of carbonyl (C=O) groups excluding carboxylic acids is 1. The van der Waals surface area contributed by atoms with Gasteiger partial charge in [-0.25, -0.2) is 4.98 Å². The summed E-state index contributed by atoms with van der Waals surface area (Å²) in [6.45, 7) is 1.11. The Balaban J connectivity index is 2.45. The quantitative estimate of drug-likeness (QED) is 0.750. The van der Waals surface area contributed by atoms with Crippen LogP contribution in [0, 0.1) is 0 Å². The lowest BCUT2D eigenvalue weighted by molar-refractivity contribution is -0.130. The number of carbonyl (C=O) groups is 1. The molecule has 5 heteroatoms. The van der Waals surface area contributed by atoms with Crippen LogP contribution < -0.4 is 5.73 Å². The molecule has 15 heavy (non-hydrogen) atoms. The Morgan fingerprint density at radius 1 is 1.67 bits per heavy atom. The highest BCUT2D eigenvalue weighted by Gasteiger charge is 2.10. The minimum atomic E-state index is 0.114. The number of nitrogens with two attached hydrogens (primary N) is 1. The second-order valence-corrected chi connectivity index (χ2v) is 3.60. The summed E-state index contributed by atoms with van der Waals surface area (Å²) in [6, 6.07) is 0. The Kier molecular flexibility index (Phi) is 4.30. The molecular formula is C10H18N4O. The lowest BCUT2D eigenvalue weighted by Gasteiger charge is -2.16. The van der Waals surface area contributed by atoms with Crippen LogP contribution in [0.3, 0.4) is 0 Å². The zero-order valence-corrected chi connectivity index (χ0v) is 9.31. The van der Waals surface area contributed by atoms with Crippen LogP contribution in [0.2, 0.25) is 0 Å². The molecule has 0 aliphatic rings. The largest absolute Gasteiger partial charge is 0.338 e. The number of amides is 1. The summed E-state index contributed by atoms with van der Waals surface area (Å²) in [5.41, 5.74) is 5.35. The van der Waals surface area contributed by atoms with Gasteiger partial charge >= 0.3 is 0 Å². The number of nitrogens with zero attached hydrogens (tertiary/aromatic N) is 3. The molecule has 0 saturated carbocycles. The molecule has 2 N–H and O–H groups in total. The predicted molar refractivity (Wildman–Crippen MR) is 58.0 cm³/mol. The summed E-state index contributed by atoms with van der Waals surface area (Å²) in [6.07, 6.45) is 4.85. The first-order chi connectivity index (χ1) is 7.15.